The van der Waals surface area contributed by atoms with Crippen LogP contribution in [0.1, 0.15) is 78.1 Å². The Labute approximate surface area is 147 Å². The first-order valence-electron chi connectivity index (χ1n) is 10.5. The van der Waals surface area contributed by atoms with Gasteiger partial charge in [0.25, 0.3) is 0 Å². The lowest BCUT2D eigenvalue weighted by Gasteiger charge is -2.37. The van der Waals surface area contributed by atoms with Crippen LogP contribution in [0.15, 0.2) is 12.2 Å². The smallest absolute Gasteiger partial charge is 0.138 e. The Morgan fingerprint density at radius 1 is 0.625 bits per heavy atom. The van der Waals surface area contributed by atoms with Crippen molar-refractivity contribution in [3.8, 4) is 0 Å². The van der Waals surface area contributed by atoms with E-state index < -0.39 is 12.3 Å². The van der Waals surface area contributed by atoms with Gasteiger partial charge in [0.05, 0.1) is 0 Å². The van der Waals surface area contributed by atoms with Gasteiger partial charge in [0.2, 0.25) is 0 Å². The van der Waals surface area contributed by atoms with E-state index in [1.807, 2.05) is 13.0 Å². The SMILES string of the molecule is CC1CCC(C2CCC(/C=C/C3CCC(C)C(F)C3F)CC2)CC1. The van der Waals surface area contributed by atoms with Crippen LogP contribution in [0, 0.1) is 35.5 Å². The third kappa shape index (κ3) is 4.41. The molecular formula is C22H36F2. The van der Waals surface area contributed by atoms with Gasteiger partial charge in [0.1, 0.15) is 12.3 Å². The topological polar surface area (TPSA) is 0 Å². The van der Waals surface area contributed by atoms with Crippen molar-refractivity contribution in [3.63, 3.8) is 0 Å². The highest BCUT2D eigenvalue weighted by molar-refractivity contribution is 5.01. The first-order chi connectivity index (χ1) is 11.5. The van der Waals surface area contributed by atoms with Crippen molar-refractivity contribution < 1.29 is 8.78 Å². The number of rotatable bonds is 3. The molecule has 3 aliphatic rings. The average molecular weight is 339 g/mol. The summed E-state index contributed by atoms with van der Waals surface area (Å²) in [5.41, 5.74) is 0. The molecule has 0 heterocycles. The number of hydrogen-bond acceptors (Lipinski definition) is 0. The highest BCUT2D eigenvalue weighted by atomic mass is 19.2. The van der Waals surface area contributed by atoms with E-state index >= 15 is 0 Å². The third-order valence-corrected chi connectivity index (χ3v) is 7.39. The molecule has 0 aromatic rings. The Hall–Kier alpha value is -0.400. The largest absolute Gasteiger partial charge is 0.244 e. The lowest BCUT2D eigenvalue weighted by atomic mass is 9.69. The lowest BCUT2D eigenvalue weighted by Crippen LogP contribution is -2.36. The lowest BCUT2D eigenvalue weighted by molar-refractivity contribution is 0.0466. The van der Waals surface area contributed by atoms with Crippen LogP contribution in [0.4, 0.5) is 8.78 Å². The molecule has 0 radical (unpaired) electrons. The molecule has 24 heavy (non-hydrogen) atoms. The number of allylic oxidation sites excluding steroid dienone is 2. The highest BCUT2D eigenvalue weighted by Crippen LogP contribution is 2.42. The fourth-order valence-electron chi connectivity index (χ4n) is 5.39. The molecule has 0 aromatic heterocycles. The minimum atomic E-state index is -1.29. The van der Waals surface area contributed by atoms with Crippen molar-refractivity contribution in [2.24, 2.45) is 35.5 Å². The standard InChI is InChI=1S/C22H36F2/c1-15-3-9-18(10-4-15)19-12-6-17(7-13-19)8-14-20-11-5-16(2)21(23)22(20)24/h8,14-22H,3-7,9-13H2,1-2H3/b14-8+. The molecule has 0 N–H and O–H groups in total. The molecule has 4 atom stereocenters. The molecule has 0 nitrogen and oxygen atoms in total. The maximum absolute atomic E-state index is 14.2. The average Bonchev–Trinajstić information content (AvgIpc) is 2.60. The second-order valence-electron chi connectivity index (χ2n) is 9.19. The molecule has 138 valence electrons. The van der Waals surface area contributed by atoms with E-state index in [1.165, 1.54) is 51.4 Å². The van der Waals surface area contributed by atoms with Crippen LogP contribution < -0.4 is 0 Å². The van der Waals surface area contributed by atoms with Crippen molar-refractivity contribution in [1.82, 2.24) is 0 Å². The summed E-state index contributed by atoms with van der Waals surface area (Å²) in [5.74, 6) is 3.14. The van der Waals surface area contributed by atoms with Gasteiger partial charge >= 0.3 is 0 Å². The van der Waals surface area contributed by atoms with Crippen molar-refractivity contribution in [2.45, 2.75) is 90.4 Å². The summed E-state index contributed by atoms with van der Waals surface area (Å²) in [6.45, 7) is 4.23. The fourth-order valence-corrected chi connectivity index (χ4v) is 5.39. The first kappa shape index (κ1) is 18.4. The Balaban J connectivity index is 1.43. The summed E-state index contributed by atoms with van der Waals surface area (Å²) in [7, 11) is 0. The van der Waals surface area contributed by atoms with Gasteiger partial charge in [-0.25, -0.2) is 8.78 Å². The zero-order chi connectivity index (χ0) is 17.1. The molecule has 0 aliphatic heterocycles. The molecular weight excluding hydrogens is 302 g/mol. The Kier molecular flexibility index (Phi) is 6.38. The normalized spacial score (nSPS) is 47.8. The summed E-state index contributed by atoms with van der Waals surface area (Å²) in [6, 6.07) is 0. The maximum Gasteiger partial charge on any atom is 0.138 e. The maximum atomic E-state index is 14.2. The van der Waals surface area contributed by atoms with Crippen LogP contribution >= 0.6 is 0 Å². The Bertz CT molecular complexity index is 402. The number of alkyl halides is 2. The number of hydrogen-bond donors (Lipinski definition) is 0. The third-order valence-electron chi connectivity index (χ3n) is 7.39. The van der Waals surface area contributed by atoms with E-state index in [0.717, 1.165) is 30.6 Å². The van der Waals surface area contributed by atoms with Crippen molar-refractivity contribution in [1.29, 1.82) is 0 Å². The fraction of sp³-hybridized carbons (Fsp3) is 0.909. The zero-order valence-corrected chi connectivity index (χ0v) is 15.6. The van der Waals surface area contributed by atoms with E-state index in [1.54, 1.807) is 0 Å². The van der Waals surface area contributed by atoms with Gasteiger partial charge in [-0.05, 0) is 81.0 Å². The molecule has 0 amide bonds. The van der Waals surface area contributed by atoms with Crippen LogP contribution in [-0.4, -0.2) is 12.3 Å². The van der Waals surface area contributed by atoms with Gasteiger partial charge in [0, 0.05) is 5.92 Å². The van der Waals surface area contributed by atoms with E-state index in [-0.39, 0.29) is 11.8 Å². The van der Waals surface area contributed by atoms with Crippen LogP contribution in [0.5, 0.6) is 0 Å². The van der Waals surface area contributed by atoms with E-state index in [9.17, 15) is 8.78 Å². The minimum absolute atomic E-state index is 0.113. The molecule has 3 fully saturated rings. The summed E-state index contributed by atoms with van der Waals surface area (Å²) in [4.78, 5) is 0. The van der Waals surface area contributed by atoms with E-state index in [2.05, 4.69) is 13.0 Å². The number of halogens is 2. The quantitative estimate of drug-likeness (QED) is 0.491. The van der Waals surface area contributed by atoms with Crippen LogP contribution in [0.2, 0.25) is 0 Å². The Morgan fingerprint density at radius 2 is 1.21 bits per heavy atom. The van der Waals surface area contributed by atoms with Gasteiger partial charge in [-0.1, -0.05) is 38.8 Å². The molecule has 4 unspecified atom stereocenters. The van der Waals surface area contributed by atoms with E-state index in [0.29, 0.717) is 5.92 Å². The van der Waals surface area contributed by atoms with Gasteiger partial charge in [-0.15, -0.1) is 0 Å². The predicted molar refractivity (Wildman–Crippen MR) is 97.4 cm³/mol. The molecule has 3 rings (SSSR count). The second kappa shape index (κ2) is 8.32. The van der Waals surface area contributed by atoms with Crippen molar-refractivity contribution in [3.05, 3.63) is 12.2 Å². The minimum Gasteiger partial charge on any atom is -0.244 e. The molecule has 3 aliphatic carbocycles. The summed E-state index contributed by atoms with van der Waals surface area (Å²) < 4.78 is 28.0. The molecule has 2 heteroatoms. The van der Waals surface area contributed by atoms with Gasteiger partial charge in [-0.2, -0.15) is 0 Å². The van der Waals surface area contributed by atoms with E-state index in [4.69, 9.17) is 0 Å². The summed E-state index contributed by atoms with van der Waals surface area (Å²) in [5, 5.41) is 0. The van der Waals surface area contributed by atoms with Gasteiger partial charge < -0.3 is 0 Å². The summed E-state index contributed by atoms with van der Waals surface area (Å²) in [6.07, 6.45) is 14.3. The molecule has 0 spiro atoms. The molecule has 0 aromatic carbocycles. The monoisotopic (exact) mass is 338 g/mol. The second-order valence-corrected chi connectivity index (χ2v) is 9.19. The van der Waals surface area contributed by atoms with Gasteiger partial charge in [-0.3, -0.25) is 0 Å². The van der Waals surface area contributed by atoms with Crippen molar-refractivity contribution >= 4 is 0 Å². The zero-order valence-electron chi connectivity index (χ0n) is 15.6. The summed E-state index contributed by atoms with van der Waals surface area (Å²) >= 11 is 0. The van der Waals surface area contributed by atoms with Crippen LogP contribution in [0.25, 0.3) is 0 Å². The van der Waals surface area contributed by atoms with Crippen LogP contribution in [-0.2, 0) is 0 Å². The Morgan fingerprint density at radius 3 is 1.83 bits per heavy atom. The highest BCUT2D eigenvalue weighted by Gasteiger charge is 2.37. The molecule has 0 bridgehead atoms. The van der Waals surface area contributed by atoms with Crippen molar-refractivity contribution in [2.75, 3.05) is 0 Å². The predicted octanol–water partition coefficient (Wildman–Crippen LogP) is 6.90. The van der Waals surface area contributed by atoms with Crippen LogP contribution in [0.3, 0.4) is 0 Å². The molecule has 3 saturated carbocycles. The van der Waals surface area contributed by atoms with Gasteiger partial charge in [0.15, 0.2) is 0 Å². The molecule has 0 saturated heterocycles. The first-order valence-corrected chi connectivity index (χ1v) is 10.5.